The summed E-state index contributed by atoms with van der Waals surface area (Å²) in [5.74, 6) is 1.16. The van der Waals surface area contributed by atoms with Crippen LogP contribution in [0.1, 0.15) is 11.3 Å². The van der Waals surface area contributed by atoms with Crippen LogP contribution >= 0.6 is 11.8 Å². The molecule has 3 aromatic rings. The molecule has 1 aromatic heterocycles. The van der Waals surface area contributed by atoms with Crippen molar-refractivity contribution in [2.75, 3.05) is 25.3 Å². The third-order valence-corrected chi connectivity index (χ3v) is 5.25. The minimum Gasteiger partial charge on any atom is -0.497 e. The SMILES string of the molecule is COc1ccc(NC(=O)CSc2ncc(CO)n2Cc2ccccc2)c(OC)c1. The van der Waals surface area contributed by atoms with Gasteiger partial charge in [-0.05, 0) is 17.7 Å². The predicted octanol–water partition coefficient (Wildman–Crippen LogP) is 3.17. The number of thioether (sulfide) groups is 1. The van der Waals surface area contributed by atoms with Gasteiger partial charge in [-0.15, -0.1) is 0 Å². The van der Waals surface area contributed by atoms with E-state index in [4.69, 9.17) is 9.47 Å². The average molecular weight is 413 g/mol. The minimum absolute atomic E-state index is 0.115. The van der Waals surface area contributed by atoms with Crippen LogP contribution < -0.4 is 14.8 Å². The lowest BCUT2D eigenvalue weighted by molar-refractivity contribution is -0.113. The lowest BCUT2D eigenvalue weighted by Gasteiger charge is -2.12. The Kier molecular flexibility index (Phi) is 7.15. The number of nitrogens with zero attached hydrogens (tertiary/aromatic N) is 2. The summed E-state index contributed by atoms with van der Waals surface area (Å²) in [5, 5.41) is 13.1. The first-order chi connectivity index (χ1) is 14.1. The fourth-order valence-corrected chi connectivity index (χ4v) is 3.58. The molecule has 0 aliphatic carbocycles. The zero-order chi connectivity index (χ0) is 20.6. The Labute approximate surface area is 173 Å². The van der Waals surface area contributed by atoms with Gasteiger partial charge in [0.15, 0.2) is 5.16 Å². The highest BCUT2D eigenvalue weighted by atomic mass is 32.2. The monoisotopic (exact) mass is 413 g/mol. The molecule has 2 N–H and O–H groups in total. The quantitative estimate of drug-likeness (QED) is 0.524. The number of imidazole rings is 1. The van der Waals surface area contributed by atoms with Gasteiger partial charge in [0.25, 0.3) is 0 Å². The van der Waals surface area contributed by atoms with Crippen LogP contribution in [0.3, 0.4) is 0 Å². The number of carbonyl (C=O) groups excluding carboxylic acids is 1. The fraction of sp³-hybridized carbons (Fsp3) is 0.238. The first-order valence-electron chi connectivity index (χ1n) is 8.98. The van der Waals surface area contributed by atoms with E-state index in [1.807, 2.05) is 34.9 Å². The van der Waals surface area contributed by atoms with Gasteiger partial charge in [-0.3, -0.25) is 4.79 Å². The van der Waals surface area contributed by atoms with Gasteiger partial charge in [0.05, 0.1) is 44.2 Å². The Balaban J connectivity index is 1.67. The summed E-state index contributed by atoms with van der Waals surface area (Å²) in [6.45, 7) is 0.461. The van der Waals surface area contributed by atoms with Crippen molar-refractivity contribution in [1.29, 1.82) is 0 Å². The summed E-state index contributed by atoms with van der Waals surface area (Å²) < 4.78 is 12.4. The topological polar surface area (TPSA) is 85.6 Å². The second-order valence-corrected chi connectivity index (χ2v) is 7.11. The number of hydrogen-bond donors (Lipinski definition) is 2. The van der Waals surface area contributed by atoms with Crippen molar-refractivity contribution in [3.63, 3.8) is 0 Å². The fourth-order valence-electron chi connectivity index (χ4n) is 2.79. The van der Waals surface area contributed by atoms with Crippen LogP contribution in [-0.4, -0.2) is 40.5 Å². The van der Waals surface area contributed by atoms with Crippen molar-refractivity contribution in [1.82, 2.24) is 9.55 Å². The van der Waals surface area contributed by atoms with Crippen LogP contribution in [0.25, 0.3) is 0 Å². The molecule has 3 rings (SSSR count). The largest absolute Gasteiger partial charge is 0.497 e. The van der Waals surface area contributed by atoms with E-state index in [0.29, 0.717) is 34.6 Å². The van der Waals surface area contributed by atoms with Crippen molar-refractivity contribution >= 4 is 23.4 Å². The molecule has 8 heteroatoms. The molecule has 0 aliphatic heterocycles. The van der Waals surface area contributed by atoms with E-state index < -0.39 is 0 Å². The van der Waals surface area contributed by atoms with Gasteiger partial charge in [-0.1, -0.05) is 42.1 Å². The smallest absolute Gasteiger partial charge is 0.234 e. The highest BCUT2D eigenvalue weighted by Gasteiger charge is 2.14. The summed E-state index contributed by atoms with van der Waals surface area (Å²) in [6, 6.07) is 15.1. The van der Waals surface area contributed by atoms with E-state index in [2.05, 4.69) is 10.3 Å². The van der Waals surface area contributed by atoms with Gasteiger partial charge in [-0.2, -0.15) is 0 Å². The number of methoxy groups -OCH3 is 2. The lowest BCUT2D eigenvalue weighted by atomic mass is 10.2. The van der Waals surface area contributed by atoms with E-state index in [-0.39, 0.29) is 18.3 Å². The summed E-state index contributed by atoms with van der Waals surface area (Å²) in [7, 11) is 3.11. The normalized spacial score (nSPS) is 10.6. The van der Waals surface area contributed by atoms with Crippen LogP contribution in [0.2, 0.25) is 0 Å². The minimum atomic E-state index is -0.182. The number of amides is 1. The zero-order valence-electron chi connectivity index (χ0n) is 16.3. The van der Waals surface area contributed by atoms with Crippen molar-refractivity contribution < 1.29 is 19.4 Å². The molecule has 0 radical (unpaired) electrons. The van der Waals surface area contributed by atoms with E-state index in [1.165, 1.54) is 18.9 Å². The summed E-state index contributed by atoms with van der Waals surface area (Å²) in [6.07, 6.45) is 1.63. The highest BCUT2D eigenvalue weighted by molar-refractivity contribution is 7.99. The number of benzene rings is 2. The first-order valence-corrected chi connectivity index (χ1v) is 9.97. The van der Waals surface area contributed by atoms with Gasteiger partial charge >= 0.3 is 0 Å². The third-order valence-electron chi connectivity index (χ3n) is 4.26. The molecule has 0 saturated heterocycles. The van der Waals surface area contributed by atoms with Gasteiger partial charge in [-0.25, -0.2) is 4.98 Å². The first kappa shape index (κ1) is 20.8. The number of aliphatic hydroxyl groups is 1. The molecular weight excluding hydrogens is 390 g/mol. The number of nitrogens with one attached hydrogen (secondary N) is 1. The van der Waals surface area contributed by atoms with Crippen molar-refractivity contribution in [2.45, 2.75) is 18.3 Å². The second kappa shape index (κ2) is 9.99. The van der Waals surface area contributed by atoms with Crippen LogP contribution in [0.4, 0.5) is 5.69 Å². The van der Waals surface area contributed by atoms with Gasteiger partial charge < -0.3 is 24.5 Å². The zero-order valence-corrected chi connectivity index (χ0v) is 17.1. The summed E-state index contributed by atoms with van der Waals surface area (Å²) in [4.78, 5) is 16.8. The number of ether oxygens (including phenoxy) is 2. The number of aromatic nitrogens is 2. The molecule has 0 aliphatic rings. The number of rotatable bonds is 9. The molecule has 7 nitrogen and oxygen atoms in total. The van der Waals surface area contributed by atoms with Crippen LogP contribution in [0.5, 0.6) is 11.5 Å². The molecule has 0 spiro atoms. The Morgan fingerprint density at radius 1 is 1.17 bits per heavy atom. The van der Waals surface area contributed by atoms with Gasteiger partial charge in [0.2, 0.25) is 5.91 Å². The highest BCUT2D eigenvalue weighted by Crippen LogP contribution is 2.29. The summed E-state index contributed by atoms with van der Waals surface area (Å²) in [5.41, 5.74) is 2.37. The maximum atomic E-state index is 12.4. The Hall–Kier alpha value is -2.97. The molecule has 0 fully saturated rings. The lowest BCUT2D eigenvalue weighted by Crippen LogP contribution is -2.15. The Bertz CT molecular complexity index is 960. The number of anilines is 1. The van der Waals surface area contributed by atoms with Gasteiger partial charge in [0, 0.05) is 12.6 Å². The van der Waals surface area contributed by atoms with Crippen molar-refractivity contribution in [2.24, 2.45) is 0 Å². The molecule has 152 valence electrons. The standard InChI is InChI=1S/C21H23N3O4S/c1-27-17-8-9-18(19(10-17)28-2)23-20(26)14-29-21-22-11-16(13-25)24(21)12-15-6-4-3-5-7-15/h3-11,25H,12-14H2,1-2H3,(H,23,26). The van der Waals surface area contributed by atoms with Crippen LogP contribution in [0.15, 0.2) is 59.9 Å². The summed E-state index contributed by atoms with van der Waals surface area (Å²) >= 11 is 1.31. The van der Waals surface area contributed by atoms with Crippen LogP contribution in [-0.2, 0) is 17.9 Å². The third kappa shape index (κ3) is 5.30. The van der Waals surface area contributed by atoms with Crippen LogP contribution in [0, 0.1) is 0 Å². The number of carbonyl (C=O) groups is 1. The molecule has 0 atom stereocenters. The molecule has 0 saturated carbocycles. The van der Waals surface area contributed by atoms with E-state index in [9.17, 15) is 9.90 Å². The van der Waals surface area contributed by atoms with E-state index in [0.717, 1.165) is 5.56 Å². The van der Waals surface area contributed by atoms with E-state index >= 15 is 0 Å². The Morgan fingerprint density at radius 3 is 2.66 bits per heavy atom. The predicted molar refractivity (Wildman–Crippen MR) is 113 cm³/mol. The average Bonchev–Trinajstić information content (AvgIpc) is 3.14. The molecular formula is C21H23N3O4S. The number of hydrogen-bond acceptors (Lipinski definition) is 6. The molecule has 1 heterocycles. The molecule has 2 aromatic carbocycles. The van der Waals surface area contributed by atoms with Crippen molar-refractivity contribution in [3.05, 3.63) is 66.0 Å². The number of aliphatic hydroxyl groups excluding tert-OH is 1. The second-order valence-electron chi connectivity index (χ2n) is 6.17. The molecule has 1 amide bonds. The Morgan fingerprint density at radius 2 is 1.97 bits per heavy atom. The van der Waals surface area contributed by atoms with Crippen molar-refractivity contribution in [3.8, 4) is 11.5 Å². The molecule has 0 bridgehead atoms. The molecule has 0 unspecified atom stereocenters. The molecule has 29 heavy (non-hydrogen) atoms. The van der Waals surface area contributed by atoms with E-state index in [1.54, 1.807) is 31.5 Å². The maximum absolute atomic E-state index is 12.4. The van der Waals surface area contributed by atoms with Gasteiger partial charge in [0.1, 0.15) is 11.5 Å². The maximum Gasteiger partial charge on any atom is 0.234 e.